The van der Waals surface area contributed by atoms with Crippen LogP contribution in [0.3, 0.4) is 0 Å². The Morgan fingerprint density at radius 1 is 1.48 bits per heavy atom. The number of hydrogen-bond donors (Lipinski definition) is 1. The second-order valence-corrected chi connectivity index (χ2v) is 6.61. The summed E-state index contributed by atoms with van der Waals surface area (Å²) in [4.78, 5) is 0. The Balaban J connectivity index is 1.78. The highest BCUT2D eigenvalue weighted by Gasteiger charge is 2.14. The van der Waals surface area contributed by atoms with Crippen LogP contribution in [0.2, 0.25) is 0 Å². The molecule has 1 aromatic rings. The third kappa shape index (κ3) is 5.61. The van der Waals surface area contributed by atoms with E-state index in [0.717, 1.165) is 49.1 Å². The van der Waals surface area contributed by atoms with Gasteiger partial charge in [-0.15, -0.1) is 0 Å². The lowest BCUT2D eigenvalue weighted by molar-refractivity contribution is 0.0981. The van der Waals surface area contributed by atoms with Crippen molar-refractivity contribution >= 4 is 15.9 Å². The van der Waals surface area contributed by atoms with Gasteiger partial charge in [-0.3, -0.25) is 0 Å². The van der Waals surface area contributed by atoms with Gasteiger partial charge in [0, 0.05) is 17.1 Å². The fourth-order valence-electron chi connectivity index (χ4n) is 2.60. The first kappa shape index (κ1) is 16.8. The number of benzene rings is 1. The predicted octanol–water partition coefficient (Wildman–Crippen LogP) is 4.07. The van der Waals surface area contributed by atoms with E-state index in [-0.39, 0.29) is 6.04 Å². The van der Waals surface area contributed by atoms with Crippen LogP contribution in [0.15, 0.2) is 22.7 Å². The molecule has 1 aliphatic rings. The van der Waals surface area contributed by atoms with E-state index in [1.54, 1.807) is 0 Å². The molecule has 21 heavy (non-hydrogen) atoms. The minimum atomic E-state index is 0.205. The van der Waals surface area contributed by atoms with Gasteiger partial charge in [0.1, 0.15) is 5.75 Å². The maximum Gasteiger partial charge on any atom is 0.119 e. The summed E-state index contributed by atoms with van der Waals surface area (Å²) in [7, 11) is 0. The summed E-state index contributed by atoms with van der Waals surface area (Å²) in [6, 6.07) is 6.37. The molecule has 0 radical (unpaired) electrons. The molecular formula is C17H26BrNO2. The minimum absolute atomic E-state index is 0.205. The lowest BCUT2D eigenvalue weighted by Crippen LogP contribution is -2.21. The average Bonchev–Trinajstić information content (AvgIpc) is 3.00. The number of halogens is 1. The summed E-state index contributed by atoms with van der Waals surface area (Å²) >= 11 is 3.59. The van der Waals surface area contributed by atoms with Crippen molar-refractivity contribution in [3.05, 3.63) is 28.2 Å². The molecule has 0 aromatic heterocycles. The summed E-state index contributed by atoms with van der Waals surface area (Å²) in [6.07, 6.45) is 6.88. The Morgan fingerprint density at radius 2 is 2.33 bits per heavy atom. The topological polar surface area (TPSA) is 44.5 Å². The van der Waals surface area contributed by atoms with Crippen molar-refractivity contribution in [2.24, 2.45) is 5.73 Å². The van der Waals surface area contributed by atoms with E-state index in [1.807, 2.05) is 12.1 Å². The fourth-order valence-corrected chi connectivity index (χ4v) is 3.01. The number of ether oxygens (including phenoxy) is 2. The van der Waals surface area contributed by atoms with Gasteiger partial charge >= 0.3 is 0 Å². The van der Waals surface area contributed by atoms with Crippen LogP contribution in [0.1, 0.15) is 44.6 Å². The van der Waals surface area contributed by atoms with E-state index >= 15 is 0 Å². The Hall–Kier alpha value is -0.580. The molecule has 4 heteroatoms. The number of hydrogen-bond acceptors (Lipinski definition) is 3. The van der Waals surface area contributed by atoms with Crippen molar-refractivity contribution in [2.45, 2.75) is 57.6 Å². The van der Waals surface area contributed by atoms with Crippen LogP contribution in [0.5, 0.6) is 5.75 Å². The molecule has 0 aliphatic carbocycles. The smallest absolute Gasteiger partial charge is 0.119 e. The molecule has 3 nitrogen and oxygen atoms in total. The molecule has 1 fully saturated rings. The molecule has 0 bridgehead atoms. The SMILES string of the molecule is CCC(N)Cc1cc(OCCCC2CCCO2)ccc1Br. The quantitative estimate of drug-likeness (QED) is 0.715. The first-order valence-corrected chi connectivity index (χ1v) is 8.76. The third-order valence-corrected chi connectivity index (χ3v) is 4.76. The van der Waals surface area contributed by atoms with Gasteiger partial charge < -0.3 is 15.2 Å². The number of rotatable bonds is 8. The molecule has 2 N–H and O–H groups in total. The van der Waals surface area contributed by atoms with Gasteiger partial charge in [0.05, 0.1) is 12.7 Å². The second-order valence-electron chi connectivity index (χ2n) is 5.75. The Kier molecular flexibility index (Phi) is 7.00. The molecule has 1 aliphatic heterocycles. The molecular weight excluding hydrogens is 330 g/mol. The lowest BCUT2D eigenvalue weighted by Gasteiger charge is -2.13. The lowest BCUT2D eigenvalue weighted by atomic mass is 10.0. The highest BCUT2D eigenvalue weighted by Crippen LogP contribution is 2.24. The third-order valence-electron chi connectivity index (χ3n) is 3.99. The monoisotopic (exact) mass is 355 g/mol. The summed E-state index contributed by atoms with van der Waals surface area (Å²) < 4.78 is 12.6. The van der Waals surface area contributed by atoms with Crippen molar-refractivity contribution in [3.8, 4) is 5.75 Å². The standard InChI is InChI=1S/C17H26BrNO2/c1-2-14(19)11-13-12-16(7-8-17(13)18)21-10-4-6-15-5-3-9-20-15/h7-8,12,14-15H,2-6,9-11,19H2,1H3. The molecule has 1 heterocycles. The maximum absolute atomic E-state index is 6.04. The van der Waals surface area contributed by atoms with Crippen molar-refractivity contribution in [1.29, 1.82) is 0 Å². The van der Waals surface area contributed by atoms with Crippen LogP contribution >= 0.6 is 15.9 Å². The zero-order chi connectivity index (χ0) is 15.1. The number of nitrogens with two attached hydrogens (primary N) is 1. The van der Waals surface area contributed by atoms with E-state index in [0.29, 0.717) is 6.10 Å². The maximum atomic E-state index is 6.04. The van der Waals surface area contributed by atoms with Gasteiger partial charge in [0.25, 0.3) is 0 Å². The van der Waals surface area contributed by atoms with Crippen molar-refractivity contribution in [3.63, 3.8) is 0 Å². The van der Waals surface area contributed by atoms with Crippen molar-refractivity contribution in [2.75, 3.05) is 13.2 Å². The highest BCUT2D eigenvalue weighted by atomic mass is 79.9. The Labute approximate surface area is 136 Å². The summed E-state index contributed by atoms with van der Waals surface area (Å²) in [6.45, 7) is 3.80. The van der Waals surface area contributed by atoms with Gasteiger partial charge in [0.2, 0.25) is 0 Å². The van der Waals surface area contributed by atoms with Crippen LogP contribution < -0.4 is 10.5 Å². The van der Waals surface area contributed by atoms with E-state index in [2.05, 4.69) is 28.9 Å². The van der Waals surface area contributed by atoms with Gasteiger partial charge in [-0.05, 0) is 62.3 Å². The summed E-state index contributed by atoms with van der Waals surface area (Å²) in [5.41, 5.74) is 7.26. The molecule has 0 saturated carbocycles. The summed E-state index contributed by atoms with van der Waals surface area (Å²) in [5.74, 6) is 0.934. The van der Waals surface area contributed by atoms with Crippen molar-refractivity contribution in [1.82, 2.24) is 0 Å². The second kappa shape index (κ2) is 8.76. The van der Waals surface area contributed by atoms with Crippen LogP contribution in [-0.2, 0) is 11.2 Å². The molecule has 2 unspecified atom stereocenters. The highest BCUT2D eigenvalue weighted by molar-refractivity contribution is 9.10. The molecule has 0 spiro atoms. The van der Waals surface area contributed by atoms with Crippen LogP contribution in [0.25, 0.3) is 0 Å². The fraction of sp³-hybridized carbons (Fsp3) is 0.647. The van der Waals surface area contributed by atoms with E-state index in [4.69, 9.17) is 15.2 Å². The Bertz CT molecular complexity index is 433. The first-order chi connectivity index (χ1) is 10.2. The van der Waals surface area contributed by atoms with E-state index in [1.165, 1.54) is 18.4 Å². The first-order valence-electron chi connectivity index (χ1n) is 7.97. The van der Waals surface area contributed by atoms with Gasteiger partial charge in [-0.2, -0.15) is 0 Å². The normalized spacial score (nSPS) is 19.7. The van der Waals surface area contributed by atoms with Crippen LogP contribution in [-0.4, -0.2) is 25.4 Å². The van der Waals surface area contributed by atoms with Crippen LogP contribution in [0, 0.1) is 0 Å². The van der Waals surface area contributed by atoms with Crippen molar-refractivity contribution < 1.29 is 9.47 Å². The molecule has 2 rings (SSSR count). The largest absolute Gasteiger partial charge is 0.494 e. The zero-order valence-electron chi connectivity index (χ0n) is 12.8. The molecule has 0 amide bonds. The average molecular weight is 356 g/mol. The molecule has 2 atom stereocenters. The minimum Gasteiger partial charge on any atom is -0.494 e. The Morgan fingerprint density at radius 3 is 3.05 bits per heavy atom. The van der Waals surface area contributed by atoms with Gasteiger partial charge in [-0.25, -0.2) is 0 Å². The van der Waals surface area contributed by atoms with Gasteiger partial charge in [0.15, 0.2) is 0 Å². The summed E-state index contributed by atoms with van der Waals surface area (Å²) in [5, 5.41) is 0. The van der Waals surface area contributed by atoms with Crippen LogP contribution in [0.4, 0.5) is 0 Å². The van der Waals surface area contributed by atoms with E-state index < -0.39 is 0 Å². The molecule has 118 valence electrons. The zero-order valence-corrected chi connectivity index (χ0v) is 14.4. The molecule has 1 aromatic carbocycles. The van der Waals surface area contributed by atoms with Gasteiger partial charge in [-0.1, -0.05) is 22.9 Å². The predicted molar refractivity (Wildman–Crippen MR) is 89.8 cm³/mol. The molecule has 1 saturated heterocycles. The van der Waals surface area contributed by atoms with E-state index in [9.17, 15) is 0 Å².